The van der Waals surface area contributed by atoms with Crippen molar-refractivity contribution in [2.45, 2.75) is 6.42 Å². The van der Waals surface area contributed by atoms with Gasteiger partial charge in [-0.2, -0.15) is 4.67 Å². The highest BCUT2D eigenvalue weighted by molar-refractivity contribution is 7.33. The SMILES string of the molecule is C=CCC(C=C)CO[PH](=O)OOCCNC. The molecular formula is C10H20NO4P. The van der Waals surface area contributed by atoms with E-state index in [4.69, 9.17) is 4.52 Å². The fraction of sp³-hybridized carbons (Fsp3) is 0.600. The van der Waals surface area contributed by atoms with Gasteiger partial charge in [0.1, 0.15) is 0 Å². The first-order valence-corrected chi connectivity index (χ1v) is 6.31. The van der Waals surface area contributed by atoms with Crippen LogP contribution in [0.15, 0.2) is 25.3 Å². The summed E-state index contributed by atoms with van der Waals surface area (Å²) in [5.41, 5.74) is 0. The van der Waals surface area contributed by atoms with Crippen molar-refractivity contribution in [3.63, 3.8) is 0 Å². The minimum absolute atomic E-state index is 0.104. The standard InChI is InChI=1S/C10H20NO4P/c1-4-6-10(5-2)9-14-16(12)15-13-8-7-11-3/h4-5,10-11,16H,1-2,6-9H2,3H3. The third-order valence-corrected chi connectivity index (χ3v) is 2.44. The molecule has 0 fully saturated rings. The van der Waals surface area contributed by atoms with Crippen molar-refractivity contribution in [1.82, 2.24) is 5.32 Å². The molecule has 0 amide bonds. The second-order valence-electron chi connectivity index (χ2n) is 3.09. The van der Waals surface area contributed by atoms with E-state index in [1.807, 2.05) is 0 Å². The molecule has 0 saturated carbocycles. The van der Waals surface area contributed by atoms with Crippen molar-refractivity contribution in [2.24, 2.45) is 5.92 Å². The Morgan fingerprint density at radius 3 is 2.81 bits per heavy atom. The average molecular weight is 249 g/mol. The van der Waals surface area contributed by atoms with Gasteiger partial charge in [0.25, 0.3) is 0 Å². The van der Waals surface area contributed by atoms with Gasteiger partial charge in [-0.1, -0.05) is 12.2 Å². The predicted octanol–water partition coefficient (Wildman–Crippen LogP) is 1.94. The van der Waals surface area contributed by atoms with Crippen LogP contribution in [0.2, 0.25) is 0 Å². The smallest absolute Gasteiger partial charge is 0.317 e. The topological polar surface area (TPSA) is 56.8 Å². The molecule has 0 saturated heterocycles. The molecule has 0 spiro atoms. The molecule has 0 aliphatic rings. The Morgan fingerprint density at radius 1 is 1.50 bits per heavy atom. The number of likely N-dealkylation sites (N-methyl/N-ethyl adjacent to an activating group) is 1. The maximum atomic E-state index is 11.2. The zero-order valence-electron chi connectivity index (χ0n) is 9.61. The van der Waals surface area contributed by atoms with Crippen LogP contribution >= 0.6 is 8.25 Å². The van der Waals surface area contributed by atoms with E-state index in [1.54, 1.807) is 19.2 Å². The Morgan fingerprint density at radius 2 is 2.25 bits per heavy atom. The molecule has 0 rings (SSSR count). The van der Waals surface area contributed by atoms with Gasteiger partial charge in [0.2, 0.25) is 0 Å². The second kappa shape index (κ2) is 11.0. The molecule has 0 aromatic heterocycles. The molecule has 94 valence electrons. The number of rotatable bonds is 11. The summed E-state index contributed by atoms with van der Waals surface area (Å²) in [6.07, 6.45) is 4.23. The summed E-state index contributed by atoms with van der Waals surface area (Å²) in [4.78, 5) is 4.66. The molecule has 0 aromatic carbocycles. The molecule has 6 heteroatoms. The van der Waals surface area contributed by atoms with E-state index in [1.165, 1.54) is 0 Å². The largest absolute Gasteiger partial charge is 0.347 e. The van der Waals surface area contributed by atoms with Crippen molar-refractivity contribution < 1.29 is 18.7 Å². The summed E-state index contributed by atoms with van der Waals surface area (Å²) in [6.45, 7) is 8.50. The van der Waals surface area contributed by atoms with Gasteiger partial charge in [-0.15, -0.1) is 13.2 Å². The predicted molar refractivity (Wildman–Crippen MR) is 64.4 cm³/mol. The molecule has 16 heavy (non-hydrogen) atoms. The molecule has 0 heterocycles. The van der Waals surface area contributed by atoms with E-state index in [-0.39, 0.29) is 5.92 Å². The fourth-order valence-electron chi connectivity index (χ4n) is 0.879. The Labute approximate surface area is 97.3 Å². The molecule has 2 atom stereocenters. The van der Waals surface area contributed by atoms with E-state index in [0.717, 1.165) is 6.42 Å². The molecule has 0 aliphatic carbocycles. The Hall–Kier alpha value is -0.450. The van der Waals surface area contributed by atoms with E-state index >= 15 is 0 Å². The third-order valence-electron chi connectivity index (χ3n) is 1.78. The van der Waals surface area contributed by atoms with Crippen LogP contribution in [0.4, 0.5) is 0 Å². The Bertz CT molecular complexity index is 223. The summed E-state index contributed by atoms with van der Waals surface area (Å²) >= 11 is 0. The van der Waals surface area contributed by atoms with Gasteiger partial charge < -0.3 is 9.84 Å². The number of nitrogens with one attached hydrogen (secondary N) is 1. The van der Waals surface area contributed by atoms with Gasteiger partial charge in [-0.25, -0.2) is 4.89 Å². The average Bonchev–Trinajstić information content (AvgIpc) is 2.30. The highest BCUT2D eigenvalue weighted by Crippen LogP contribution is 2.25. The Balaban J connectivity index is 3.54. The van der Waals surface area contributed by atoms with Crippen LogP contribution in [-0.4, -0.2) is 26.8 Å². The van der Waals surface area contributed by atoms with Gasteiger partial charge in [0, 0.05) is 12.5 Å². The van der Waals surface area contributed by atoms with Crippen molar-refractivity contribution in [2.75, 3.05) is 26.8 Å². The summed E-state index contributed by atoms with van der Waals surface area (Å²) in [5, 5.41) is 2.86. The lowest BCUT2D eigenvalue weighted by molar-refractivity contribution is -0.207. The molecular weight excluding hydrogens is 229 g/mol. The number of hydrogen-bond donors (Lipinski definition) is 1. The van der Waals surface area contributed by atoms with Crippen LogP contribution in [-0.2, 0) is 18.7 Å². The van der Waals surface area contributed by atoms with Gasteiger partial charge in [0.15, 0.2) is 0 Å². The zero-order valence-corrected chi connectivity index (χ0v) is 10.6. The highest BCUT2D eigenvalue weighted by Gasteiger charge is 2.06. The van der Waals surface area contributed by atoms with Crippen molar-refractivity contribution in [3.8, 4) is 0 Å². The summed E-state index contributed by atoms with van der Waals surface area (Å²) < 4.78 is 20.7. The highest BCUT2D eigenvalue weighted by atomic mass is 31.1. The fourth-order valence-corrected chi connectivity index (χ4v) is 1.46. The maximum absolute atomic E-state index is 11.2. The van der Waals surface area contributed by atoms with Crippen LogP contribution in [0.1, 0.15) is 6.42 Å². The molecule has 0 aromatic rings. The summed E-state index contributed by atoms with van der Waals surface area (Å²) in [7, 11) is -0.790. The number of allylic oxidation sites excluding steroid dienone is 1. The zero-order chi connectivity index (χ0) is 12.2. The van der Waals surface area contributed by atoms with E-state index < -0.39 is 8.25 Å². The third kappa shape index (κ3) is 8.83. The van der Waals surface area contributed by atoms with Gasteiger partial charge >= 0.3 is 8.25 Å². The first kappa shape index (κ1) is 15.6. The van der Waals surface area contributed by atoms with E-state index in [2.05, 4.69) is 28.0 Å². The van der Waals surface area contributed by atoms with E-state index in [0.29, 0.717) is 19.8 Å². The van der Waals surface area contributed by atoms with Crippen LogP contribution < -0.4 is 5.32 Å². The normalized spacial score (nSPS) is 14.3. The number of hydrogen-bond acceptors (Lipinski definition) is 5. The van der Waals surface area contributed by atoms with Crippen LogP contribution in [0.25, 0.3) is 0 Å². The summed E-state index contributed by atoms with van der Waals surface area (Å²) in [6, 6.07) is 0. The van der Waals surface area contributed by atoms with Crippen molar-refractivity contribution in [3.05, 3.63) is 25.3 Å². The van der Waals surface area contributed by atoms with Crippen LogP contribution in [0.5, 0.6) is 0 Å². The lowest BCUT2D eigenvalue weighted by Crippen LogP contribution is -2.13. The van der Waals surface area contributed by atoms with Crippen LogP contribution in [0.3, 0.4) is 0 Å². The first-order chi connectivity index (χ1) is 7.74. The van der Waals surface area contributed by atoms with Gasteiger partial charge in [0.05, 0.1) is 13.2 Å². The molecule has 1 N–H and O–H groups in total. The molecule has 0 radical (unpaired) electrons. The lowest BCUT2D eigenvalue weighted by atomic mass is 10.1. The minimum Gasteiger partial charge on any atom is -0.317 e. The first-order valence-electron chi connectivity index (χ1n) is 5.08. The second-order valence-corrected chi connectivity index (χ2v) is 4.05. The van der Waals surface area contributed by atoms with Gasteiger partial charge in [-0.3, -0.25) is 4.57 Å². The Kier molecular flexibility index (Phi) is 10.7. The maximum Gasteiger partial charge on any atom is 0.347 e. The van der Waals surface area contributed by atoms with Gasteiger partial charge in [-0.05, 0) is 13.5 Å². The minimum atomic E-state index is -2.58. The molecule has 5 nitrogen and oxygen atoms in total. The summed E-state index contributed by atoms with van der Waals surface area (Å²) in [5.74, 6) is 0.104. The lowest BCUT2D eigenvalue weighted by Gasteiger charge is -2.10. The molecule has 0 aliphatic heterocycles. The van der Waals surface area contributed by atoms with Crippen LogP contribution in [0, 0.1) is 5.92 Å². The molecule has 2 unspecified atom stereocenters. The van der Waals surface area contributed by atoms with Crippen molar-refractivity contribution >= 4 is 8.25 Å². The monoisotopic (exact) mass is 249 g/mol. The van der Waals surface area contributed by atoms with Crippen molar-refractivity contribution in [1.29, 1.82) is 0 Å². The quantitative estimate of drug-likeness (QED) is 0.199. The molecule has 0 bridgehead atoms. The van der Waals surface area contributed by atoms with E-state index in [9.17, 15) is 4.57 Å².